The van der Waals surface area contributed by atoms with Crippen molar-refractivity contribution < 1.29 is 19.1 Å². The molecule has 1 aromatic heterocycles. The standard InChI is InChI=1S/C15H24N4O4S/c1-14(2,3)22-12(20)17-9-15(4,5)23-13(21)19-18-11(16)10-7-6-8-24-10/h6-8,11H,9,16H2,1-5H3,(H,17,20)/b19-18+. The highest BCUT2D eigenvalue weighted by Crippen LogP contribution is 2.18. The first-order chi connectivity index (χ1) is 11.0. The Morgan fingerprint density at radius 2 is 1.96 bits per heavy atom. The number of thiophene rings is 1. The monoisotopic (exact) mass is 356 g/mol. The van der Waals surface area contributed by atoms with E-state index < -0.39 is 29.6 Å². The van der Waals surface area contributed by atoms with Crippen LogP contribution in [0.25, 0.3) is 0 Å². The summed E-state index contributed by atoms with van der Waals surface area (Å²) in [5, 5.41) is 11.6. The molecule has 0 spiro atoms. The summed E-state index contributed by atoms with van der Waals surface area (Å²) in [6.07, 6.45) is -2.17. The Labute approximate surface area is 145 Å². The number of amides is 2. The SMILES string of the molecule is CC(C)(C)OC(=O)NCC(C)(C)OC(=O)/N=N/C(N)c1cccs1. The van der Waals surface area contributed by atoms with Gasteiger partial charge in [-0.2, -0.15) is 5.11 Å². The van der Waals surface area contributed by atoms with Crippen LogP contribution in [0.3, 0.4) is 0 Å². The maximum Gasteiger partial charge on any atom is 0.452 e. The van der Waals surface area contributed by atoms with E-state index in [0.717, 1.165) is 4.88 Å². The van der Waals surface area contributed by atoms with E-state index in [9.17, 15) is 9.59 Å². The molecule has 1 atom stereocenters. The summed E-state index contributed by atoms with van der Waals surface area (Å²) in [7, 11) is 0. The minimum atomic E-state index is -0.972. The van der Waals surface area contributed by atoms with E-state index in [1.54, 1.807) is 40.7 Å². The first kappa shape index (κ1) is 20.0. The van der Waals surface area contributed by atoms with Crippen molar-refractivity contribution >= 4 is 23.5 Å². The van der Waals surface area contributed by atoms with Gasteiger partial charge in [0.2, 0.25) is 0 Å². The summed E-state index contributed by atoms with van der Waals surface area (Å²) in [5.41, 5.74) is 4.20. The van der Waals surface area contributed by atoms with Crippen LogP contribution in [0.2, 0.25) is 0 Å². The Kier molecular flexibility index (Phi) is 6.85. The molecule has 0 aromatic carbocycles. The topological polar surface area (TPSA) is 115 Å². The smallest absolute Gasteiger partial charge is 0.444 e. The number of alkyl carbamates (subject to hydrolysis) is 1. The maximum atomic E-state index is 11.7. The Morgan fingerprint density at radius 3 is 2.50 bits per heavy atom. The number of nitrogens with two attached hydrogens (primary N) is 1. The van der Waals surface area contributed by atoms with Gasteiger partial charge in [0.05, 0.1) is 6.54 Å². The molecule has 0 bridgehead atoms. The minimum Gasteiger partial charge on any atom is -0.444 e. The molecule has 1 rings (SSSR count). The van der Waals surface area contributed by atoms with Crippen LogP contribution in [0, 0.1) is 0 Å². The summed E-state index contributed by atoms with van der Waals surface area (Å²) < 4.78 is 10.3. The van der Waals surface area contributed by atoms with Crippen LogP contribution < -0.4 is 11.1 Å². The average molecular weight is 356 g/mol. The second-order valence-electron chi connectivity index (χ2n) is 6.66. The first-order valence-corrected chi connectivity index (χ1v) is 8.26. The molecule has 1 aromatic rings. The lowest BCUT2D eigenvalue weighted by molar-refractivity contribution is 0.0286. The van der Waals surface area contributed by atoms with E-state index >= 15 is 0 Å². The van der Waals surface area contributed by atoms with Crippen LogP contribution in [-0.2, 0) is 9.47 Å². The van der Waals surface area contributed by atoms with Crippen molar-refractivity contribution in [1.29, 1.82) is 0 Å². The van der Waals surface area contributed by atoms with Gasteiger partial charge in [-0.15, -0.1) is 11.3 Å². The number of hydrogen-bond donors (Lipinski definition) is 2. The molecule has 9 heteroatoms. The van der Waals surface area contributed by atoms with Crippen LogP contribution in [0.1, 0.15) is 45.7 Å². The second-order valence-corrected chi connectivity index (χ2v) is 7.64. The fourth-order valence-corrected chi connectivity index (χ4v) is 2.18. The molecule has 0 saturated carbocycles. The van der Waals surface area contributed by atoms with Crippen LogP contribution in [-0.4, -0.2) is 29.9 Å². The average Bonchev–Trinajstić information content (AvgIpc) is 2.94. The van der Waals surface area contributed by atoms with Crippen LogP contribution in [0.15, 0.2) is 27.7 Å². The van der Waals surface area contributed by atoms with Gasteiger partial charge < -0.3 is 20.5 Å². The second kappa shape index (κ2) is 8.20. The van der Waals surface area contributed by atoms with Crippen LogP contribution >= 0.6 is 11.3 Å². The quantitative estimate of drug-likeness (QED) is 0.782. The molecule has 0 aliphatic carbocycles. The van der Waals surface area contributed by atoms with Crippen molar-refractivity contribution in [2.24, 2.45) is 16.0 Å². The van der Waals surface area contributed by atoms with E-state index in [2.05, 4.69) is 15.5 Å². The van der Waals surface area contributed by atoms with E-state index in [1.807, 2.05) is 11.4 Å². The third kappa shape index (κ3) is 8.02. The highest BCUT2D eigenvalue weighted by Gasteiger charge is 2.25. The number of nitrogens with zero attached hydrogens (tertiary/aromatic N) is 2. The Hall–Kier alpha value is -2.00. The minimum absolute atomic E-state index is 0.0696. The number of carbonyl (C=O) groups excluding carboxylic acids is 2. The fourth-order valence-electron chi connectivity index (χ4n) is 1.52. The van der Waals surface area contributed by atoms with Crippen molar-refractivity contribution in [1.82, 2.24) is 5.32 Å². The van der Waals surface area contributed by atoms with Gasteiger partial charge in [0, 0.05) is 4.88 Å². The highest BCUT2D eigenvalue weighted by molar-refractivity contribution is 7.10. The van der Waals surface area contributed by atoms with E-state index in [1.165, 1.54) is 11.3 Å². The van der Waals surface area contributed by atoms with Gasteiger partial charge in [-0.3, -0.25) is 0 Å². The molecule has 0 fully saturated rings. The predicted octanol–water partition coefficient (Wildman–Crippen LogP) is 3.60. The molecular formula is C15H24N4O4S. The van der Waals surface area contributed by atoms with Crippen molar-refractivity contribution in [2.45, 2.75) is 52.0 Å². The van der Waals surface area contributed by atoms with Gasteiger partial charge in [0.25, 0.3) is 0 Å². The summed E-state index contributed by atoms with van der Waals surface area (Å²) in [6, 6.07) is 3.63. The van der Waals surface area contributed by atoms with Crippen molar-refractivity contribution in [3.05, 3.63) is 22.4 Å². The maximum absolute atomic E-state index is 11.7. The van der Waals surface area contributed by atoms with Crippen LogP contribution in [0.4, 0.5) is 9.59 Å². The number of nitrogens with one attached hydrogen (secondary N) is 1. The normalized spacial score (nSPS) is 13.6. The number of rotatable bonds is 5. The molecule has 3 N–H and O–H groups in total. The Morgan fingerprint density at radius 1 is 1.29 bits per heavy atom. The fraction of sp³-hybridized carbons (Fsp3) is 0.600. The summed E-state index contributed by atoms with van der Waals surface area (Å²) >= 11 is 1.42. The van der Waals surface area contributed by atoms with Gasteiger partial charge in [-0.05, 0) is 46.1 Å². The van der Waals surface area contributed by atoms with Crippen molar-refractivity contribution in [3.63, 3.8) is 0 Å². The Balaban J connectivity index is 2.45. The van der Waals surface area contributed by atoms with E-state index in [4.69, 9.17) is 15.2 Å². The number of ether oxygens (including phenoxy) is 2. The van der Waals surface area contributed by atoms with Gasteiger partial charge in [0.15, 0.2) is 6.17 Å². The van der Waals surface area contributed by atoms with Gasteiger partial charge in [-0.25, -0.2) is 9.59 Å². The molecule has 8 nitrogen and oxygen atoms in total. The molecule has 1 unspecified atom stereocenters. The van der Waals surface area contributed by atoms with Crippen molar-refractivity contribution in [2.75, 3.05) is 6.54 Å². The van der Waals surface area contributed by atoms with E-state index in [0.29, 0.717) is 0 Å². The predicted molar refractivity (Wildman–Crippen MR) is 90.9 cm³/mol. The van der Waals surface area contributed by atoms with Crippen molar-refractivity contribution in [3.8, 4) is 0 Å². The summed E-state index contributed by atoms with van der Waals surface area (Å²) in [6.45, 7) is 8.62. The zero-order valence-electron chi connectivity index (χ0n) is 14.5. The molecule has 1 heterocycles. The van der Waals surface area contributed by atoms with Gasteiger partial charge in [0.1, 0.15) is 11.2 Å². The number of azo groups is 1. The van der Waals surface area contributed by atoms with Crippen LogP contribution in [0.5, 0.6) is 0 Å². The Bertz CT molecular complexity index is 579. The lowest BCUT2D eigenvalue weighted by atomic mass is 10.1. The van der Waals surface area contributed by atoms with E-state index in [-0.39, 0.29) is 6.54 Å². The lowest BCUT2D eigenvalue weighted by Gasteiger charge is -2.25. The molecule has 0 aliphatic rings. The van der Waals surface area contributed by atoms with Gasteiger partial charge in [-0.1, -0.05) is 11.2 Å². The molecule has 134 valence electrons. The zero-order chi connectivity index (χ0) is 18.4. The third-order valence-electron chi connectivity index (χ3n) is 2.52. The first-order valence-electron chi connectivity index (χ1n) is 7.38. The molecule has 0 saturated heterocycles. The molecule has 0 aliphatic heterocycles. The number of carbonyl (C=O) groups is 2. The zero-order valence-corrected chi connectivity index (χ0v) is 15.3. The molecule has 24 heavy (non-hydrogen) atoms. The lowest BCUT2D eigenvalue weighted by Crippen LogP contribution is -2.43. The largest absolute Gasteiger partial charge is 0.452 e. The summed E-state index contributed by atoms with van der Waals surface area (Å²) in [5.74, 6) is 0. The molecule has 2 amide bonds. The highest BCUT2D eigenvalue weighted by atomic mass is 32.1. The molecule has 0 radical (unpaired) electrons. The van der Waals surface area contributed by atoms with Gasteiger partial charge >= 0.3 is 12.2 Å². The summed E-state index contributed by atoms with van der Waals surface area (Å²) in [4.78, 5) is 24.1. The number of hydrogen-bond acceptors (Lipinski definition) is 7. The molecular weight excluding hydrogens is 332 g/mol. The third-order valence-corrected chi connectivity index (χ3v) is 3.46.